The molecule has 0 radical (unpaired) electrons. The van der Waals surface area contributed by atoms with E-state index in [9.17, 15) is 9.59 Å². The van der Waals surface area contributed by atoms with Crippen LogP contribution in [0.5, 0.6) is 0 Å². The van der Waals surface area contributed by atoms with Crippen LogP contribution in [-0.2, 0) is 17.8 Å². The van der Waals surface area contributed by atoms with E-state index in [1.807, 2.05) is 44.2 Å². The number of oxazole rings is 1. The van der Waals surface area contributed by atoms with Crippen molar-refractivity contribution in [1.29, 1.82) is 0 Å². The molecule has 0 saturated heterocycles. The molecule has 0 aliphatic rings. The van der Waals surface area contributed by atoms with Gasteiger partial charge in [-0.3, -0.25) is 9.59 Å². The molecule has 26 heavy (non-hydrogen) atoms. The zero-order chi connectivity index (χ0) is 18.8. The van der Waals surface area contributed by atoms with Gasteiger partial charge in [-0.1, -0.05) is 44.2 Å². The number of amides is 2. The molecule has 0 unspecified atom stereocenters. The van der Waals surface area contributed by atoms with Gasteiger partial charge in [0.1, 0.15) is 6.26 Å². The topological polar surface area (TPSA) is 75.4 Å². The zero-order valence-corrected chi connectivity index (χ0v) is 15.5. The van der Waals surface area contributed by atoms with Crippen LogP contribution in [0.25, 0.3) is 0 Å². The summed E-state index contributed by atoms with van der Waals surface area (Å²) < 4.78 is 5.39. The van der Waals surface area contributed by atoms with Crippen LogP contribution < -0.4 is 5.32 Å². The molecule has 6 heteroatoms. The van der Waals surface area contributed by atoms with Crippen molar-refractivity contribution in [2.45, 2.75) is 46.1 Å². The van der Waals surface area contributed by atoms with Crippen molar-refractivity contribution in [2.75, 3.05) is 13.1 Å². The average Bonchev–Trinajstić information content (AvgIpc) is 3.13. The molecule has 1 N–H and O–H groups in total. The Morgan fingerprint density at radius 2 is 1.92 bits per heavy atom. The maximum absolute atomic E-state index is 12.6. The minimum absolute atomic E-state index is 0.0610. The number of rotatable bonds is 10. The normalized spacial score (nSPS) is 10.5. The molecule has 1 heterocycles. The fourth-order valence-corrected chi connectivity index (χ4v) is 2.60. The van der Waals surface area contributed by atoms with Crippen LogP contribution in [0, 0.1) is 0 Å². The minimum atomic E-state index is -0.251. The van der Waals surface area contributed by atoms with Crippen molar-refractivity contribution < 1.29 is 14.0 Å². The van der Waals surface area contributed by atoms with Crippen LogP contribution in [-0.4, -0.2) is 34.8 Å². The highest BCUT2D eigenvalue weighted by molar-refractivity contribution is 5.91. The van der Waals surface area contributed by atoms with Crippen LogP contribution in [0.2, 0.25) is 0 Å². The van der Waals surface area contributed by atoms with Gasteiger partial charge in [-0.15, -0.1) is 0 Å². The van der Waals surface area contributed by atoms with E-state index in [0.717, 1.165) is 18.4 Å². The quantitative estimate of drug-likeness (QED) is 0.708. The van der Waals surface area contributed by atoms with Crippen molar-refractivity contribution in [2.24, 2.45) is 0 Å². The summed E-state index contributed by atoms with van der Waals surface area (Å²) in [5.41, 5.74) is 1.39. The Labute approximate surface area is 154 Å². The third-order valence-corrected chi connectivity index (χ3v) is 3.96. The SMILES string of the molecule is CCCNC(=O)c1coc(CN(CCC)C(=O)CCc2ccccc2)n1. The minimum Gasteiger partial charge on any atom is -0.446 e. The average molecular weight is 357 g/mol. The molecule has 6 nitrogen and oxygen atoms in total. The van der Waals surface area contributed by atoms with Gasteiger partial charge in [0, 0.05) is 19.5 Å². The number of carbonyl (C=O) groups excluding carboxylic acids is 2. The number of aryl methyl sites for hydroxylation is 1. The molecule has 2 amide bonds. The largest absolute Gasteiger partial charge is 0.446 e. The first kappa shape index (κ1) is 19.7. The first-order valence-electron chi connectivity index (χ1n) is 9.18. The molecule has 0 spiro atoms. The lowest BCUT2D eigenvalue weighted by Gasteiger charge is -2.20. The van der Waals surface area contributed by atoms with Gasteiger partial charge in [0.25, 0.3) is 5.91 Å². The highest BCUT2D eigenvalue weighted by atomic mass is 16.3. The molecule has 0 bridgehead atoms. The van der Waals surface area contributed by atoms with Gasteiger partial charge in [-0.2, -0.15) is 0 Å². The van der Waals surface area contributed by atoms with E-state index in [1.165, 1.54) is 6.26 Å². The molecular weight excluding hydrogens is 330 g/mol. The molecule has 2 rings (SSSR count). The lowest BCUT2D eigenvalue weighted by Crippen LogP contribution is -2.31. The summed E-state index contributed by atoms with van der Waals surface area (Å²) in [5, 5.41) is 2.76. The van der Waals surface area contributed by atoms with Crippen LogP contribution in [0.3, 0.4) is 0 Å². The van der Waals surface area contributed by atoms with Crippen LogP contribution in [0.1, 0.15) is 55.1 Å². The Balaban J connectivity index is 1.93. The van der Waals surface area contributed by atoms with E-state index in [2.05, 4.69) is 10.3 Å². The smallest absolute Gasteiger partial charge is 0.273 e. The summed E-state index contributed by atoms with van der Waals surface area (Å²) in [5.74, 6) is 0.193. The second kappa shape index (κ2) is 10.4. The lowest BCUT2D eigenvalue weighted by molar-refractivity contribution is -0.132. The molecule has 2 aromatic rings. The van der Waals surface area contributed by atoms with Crippen molar-refractivity contribution in [3.8, 4) is 0 Å². The van der Waals surface area contributed by atoms with Crippen molar-refractivity contribution in [3.63, 3.8) is 0 Å². The van der Waals surface area contributed by atoms with Gasteiger partial charge in [0.15, 0.2) is 5.69 Å². The second-order valence-electron chi connectivity index (χ2n) is 6.18. The molecule has 0 fully saturated rings. The number of carbonyl (C=O) groups is 2. The fraction of sp³-hybridized carbons (Fsp3) is 0.450. The summed E-state index contributed by atoms with van der Waals surface area (Å²) >= 11 is 0. The third-order valence-electron chi connectivity index (χ3n) is 3.96. The molecule has 0 saturated carbocycles. The molecule has 0 atom stereocenters. The van der Waals surface area contributed by atoms with Crippen LogP contribution in [0.4, 0.5) is 0 Å². The number of nitrogens with zero attached hydrogens (tertiary/aromatic N) is 2. The van der Waals surface area contributed by atoms with Gasteiger partial charge in [0.2, 0.25) is 11.8 Å². The van der Waals surface area contributed by atoms with Crippen LogP contribution >= 0.6 is 0 Å². The van der Waals surface area contributed by atoms with E-state index in [4.69, 9.17) is 4.42 Å². The van der Waals surface area contributed by atoms with Gasteiger partial charge >= 0.3 is 0 Å². The Kier molecular flexibility index (Phi) is 7.86. The monoisotopic (exact) mass is 357 g/mol. The fourth-order valence-electron chi connectivity index (χ4n) is 2.60. The number of nitrogens with one attached hydrogen (secondary N) is 1. The van der Waals surface area contributed by atoms with Gasteiger partial charge < -0.3 is 14.6 Å². The second-order valence-corrected chi connectivity index (χ2v) is 6.18. The van der Waals surface area contributed by atoms with E-state index >= 15 is 0 Å². The first-order chi connectivity index (χ1) is 12.6. The Hall–Kier alpha value is -2.63. The Morgan fingerprint density at radius 1 is 1.15 bits per heavy atom. The molecule has 1 aromatic heterocycles. The van der Waals surface area contributed by atoms with E-state index in [0.29, 0.717) is 31.8 Å². The van der Waals surface area contributed by atoms with Crippen molar-refractivity contribution >= 4 is 11.8 Å². The van der Waals surface area contributed by atoms with Gasteiger partial charge in [-0.05, 0) is 24.8 Å². The standard InChI is InChI=1S/C20H27N3O3/c1-3-12-21-20(25)17-15-26-18(22-17)14-23(13-4-2)19(24)11-10-16-8-6-5-7-9-16/h5-9,15H,3-4,10-14H2,1-2H3,(H,21,25). The summed E-state index contributed by atoms with van der Waals surface area (Å²) in [4.78, 5) is 30.4. The van der Waals surface area contributed by atoms with Crippen molar-refractivity contribution in [1.82, 2.24) is 15.2 Å². The van der Waals surface area contributed by atoms with E-state index < -0.39 is 0 Å². The Bertz CT molecular complexity index is 697. The Morgan fingerprint density at radius 3 is 2.62 bits per heavy atom. The molecule has 0 aliphatic heterocycles. The van der Waals surface area contributed by atoms with Gasteiger partial charge in [0.05, 0.1) is 6.54 Å². The maximum atomic E-state index is 12.6. The number of aromatic nitrogens is 1. The van der Waals surface area contributed by atoms with Crippen LogP contribution in [0.15, 0.2) is 41.0 Å². The molecule has 0 aliphatic carbocycles. The van der Waals surface area contributed by atoms with Gasteiger partial charge in [-0.25, -0.2) is 4.98 Å². The summed E-state index contributed by atoms with van der Waals surface area (Å²) in [7, 11) is 0. The zero-order valence-electron chi connectivity index (χ0n) is 15.5. The van der Waals surface area contributed by atoms with Crippen molar-refractivity contribution in [3.05, 3.63) is 53.7 Å². The van der Waals surface area contributed by atoms with E-state index in [1.54, 1.807) is 4.90 Å². The maximum Gasteiger partial charge on any atom is 0.273 e. The molecular formula is C20H27N3O3. The summed E-state index contributed by atoms with van der Waals surface area (Å²) in [6, 6.07) is 9.95. The molecule has 140 valence electrons. The van der Waals surface area contributed by atoms with E-state index in [-0.39, 0.29) is 24.1 Å². The summed E-state index contributed by atoms with van der Waals surface area (Å²) in [6.07, 6.45) is 4.20. The predicted octanol–water partition coefficient (Wildman–Crippen LogP) is 3.19. The number of hydrogen-bond donors (Lipinski definition) is 1. The molecule has 1 aromatic carbocycles. The lowest BCUT2D eigenvalue weighted by atomic mass is 10.1. The highest BCUT2D eigenvalue weighted by Gasteiger charge is 2.18. The highest BCUT2D eigenvalue weighted by Crippen LogP contribution is 2.10. The number of benzene rings is 1. The number of hydrogen-bond acceptors (Lipinski definition) is 4. The first-order valence-corrected chi connectivity index (χ1v) is 9.18. The third kappa shape index (κ3) is 6.02. The predicted molar refractivity (Wildman–Crippen MR) is 99.6 cm³/mol. The summed E-state index contributed by atoms with van der Waals surface area (Å²) in [6.45, 7) is 5.52.